The Morgan fingerprint density at radius 3 is 2.89 bits per heavy atom. The molecule has 28 heavy (non-hydrogen) atoms. The number of nitrogens with one attached hydrogen (secondary N) is 1. The number of nitrogens with zero attached hydrogens (tertiary/aromatic N) is 2. The summed E-state index contributed by atoms with van der Waals surface area (Å²) < 4.78 is 11.2. The molecular weight excluding hydrogens is 354 g/mol. The molecule has 0 unspecified atom stereocenters. The van der Waals surface area contributed by atoms with Crippen molar-refractivity contribution in [2.24, 2.45) is 11.8 Å². The topological polar surface area (TPSA) is 54.0 Å². The van der Waals surface area contributed by atoms with Gasteiger partial charge in [0.25, 0.3) is 0 Å². The van der Waals surface area contributed by atoms with E-state index in [-0.39, 0.29) is 6.03 Å². The van der Waals surface area contributed by atoms with Gasteiger partial charge in [-0.1, -0.05) is 26.0 Å². The average Bonchev–Trinajstić information content (AvgIpc) is 2.72. The van der Waals surface area contributed by atoms with E-state index >= 15 is 0 Å². The van der Waals surface area contributed by atoms with Gasteiger partial charge in [-0.2, -0.15) is 0 Å². The quantitative estimate of drug-likeness (QED) is 0.779. The molecule has 1 aromatic rings. The van der Waals surface area contributed by atoms with Gasteiger partial charge in [-0.25, -0.2) is 4.79 Å². The number of piperidine rings is 1. The third-order valence-electron chi connectivity index (χ3n) is 5.35. The fourth-order valence-corrected chi connectivity index (χ4v) is 3.85. The molecule has 2 aliphatic heterocycles. The zero-order valence-electron chi connectivity index (χ0n) is 17.4. The molecule has 0 spiro atoms. The van der Waals surface area contributed by atoms with E-state index in [9.17, 15) is 4.79 Å². The molecule has 0 radical (unpaired) electrons. The van der Waals surface area contributed by atoms with Gasteiger partial charge in [0.2, 0.25) is 0 Å². The first-order chi connectivity index (χ1) is 13.6. The first kappa shape index (κ1) is 20.9. The van der Waals surface area contributed by atoms with E-state index in [0.717, 1.165) is 63.7 Å². The summed E-state index contributed by atoms with van der Waals surface area (Å²) in [6.45, 7) is 12.0. The van der Waals surface area contributed by atoms with E-state index in [4.69, 9.17) is 9.47 Å². The Labute approximate surface area is 169 Å². The number of hydrogen-bond donors (Lipinski definition) is 1. The number of morpholine rings is 1. The summed E-state index contributed by atoms with van der Waals surface area (Å²) in [6.07, 6.45) is 2.29. The first-order valence-corrected chi connectivity index (χ1v) is 10.6. The lowest BCUT2D eigenvalue weighted by Crippen LogP contribution is -2.48. The van der Waals surface area contributed by atoms with Crippen LogP contribution in [0.5, 0.6) is 5.75 Å². The van der Waals surface area contributed by atoms with Crippen molar-refractivity contribution < 1.29 is 14.3 Å². The third-order valence-corrected chi connectivity index (χ3v) is 5.35. The Morgan fingerprint density at radius 1 is 1.29 bits per heavy atom. The molecule has 0 aliphatic carbocycles. The molecule has 0 saturated carbocycles. The predicted octanol–water partition coefficient (Wildman–Crippen LogP) is 2.98. The summed E-state index contributed by atoms with van der Waals surface area (Å²) in [5.74, 6) is 1.92. The summed E-state index contributed by atoms with van der Waals surface area (Å²) in [5.41, 5.74) is 1.07. The Morgan fingerprint density at radius 2 is 2.11 bits per heavy atom. The highest BCUT2D eigenvalue weighted by Crippen LogP contribution is 2.19. The van der Waals surface area contributed by atoms with Gasteiger partial charge >= 0.3 is 6.03 Å². The van der Waals surface area contributed by atoms with Gasteiger partial charge in [-0.3, -0.25) is 4.90 Å². The predicted molar refractivity (Wildman–Crippen MR) is 111 cm³/mol. The summed E-state index contributed by atoms with van der Waals surface area (Å²) in [4.78, 5) is 17.1. The van der Waals surface area contributed by atoms with Gasteiger partial charge in [0, 0.05) is 39.3 Å². The van der Waals surface area contributed by atoms with Crippen LogP contribution in [0.15, 0.2) is 24.3 Å². The van der Waals surface area contributed by atoms with Crippen molar-refractivity contribution in [3.05, 3.63) is 29.8 Å². The van der Waals surface area contributed by atoms with Crippen LogP contribution in [0.2, 0.25) is 0 Å². The van der Waals surface area contributed by atoms with Gasteiger partial charge in [0.05, 0.1) is 19.8 Å². The largest absolute Gasteiger partial charge is 0.493 e. The van der Waals surface area contributed by atoms with Crippen molar-refractivity contribution in [2.75, 3.05) is 52.5 Å². The number of hydrogen-bond acceptors (Lipinski definition) is 4. The highest BCUT2D eigenvalue weighted by molar-refractivity contribution is 5.74. The van der Waals surface area contributed by atoms with Crippen molar-refractivity contribution in [2.45, 2.75) is 33.2 Å². The Hall–Kier alpha value is -1.79. The number of benzene rings is 1. The molecule has 0 bridgehead atoms. The maximum Gasteiger partial charge on any atom is 0.317 e. The molecule has 3 rings (SSSR count). The Kier molecular flexibility index (Phi) is 7.98. The van der Waals surface area contributed by atoms with E-state index < -0.39 is 0 Å². The molecule has 1 N–H and O–H groups in total. The molecule has 2 aliphatic rings. The third kappa shape index (κ3) is 6.67. The van der Waals surface area contributed by atoms with Crippen molar-refractivity contribution in [1.82, 2.24) is 15.1 Å². The van der Waals surface area contributed by atoms with Crippen LogP contribution in [0.1, 0.15) is 32.3 Å². The minimum absolute atomic E-state index is 0.0418. The number of likely N-dealkylation sites (tertiary alicyclic amines) is 1. The molecule has 2 amide bonds. The van der Waals surface area contributed by atoms with Crippen molar-refractivity contribution in [3.63, 3.8) is 0 Å². The van der Waals surface area contributed by atoms with Crippen LogP contribution in [-0.4, -0.2) is 68.4 Å². The van der Waals surface area contributed by atoms with Crippen LogP contribution in [0.4, 0.5) is 4.79 Å². The summed E-state index contributed by atoms with van der Waals surface area (Å²) >= 11 is 0. The SMILES string of the molecule is CC(C)COc1cccc(CNC(=O)N2CCC[C@H](CN3CCOCC3)C2)c1. The number of carbonyl (C=O) groups is 1. The van der Waals surface area contributed by atoms with E-state index in [1.165, 1.54) is 6.42 Å². The molecule has 2 fully saturated rings. The lowest BCUT2D eigenvalue weighted by molar-refractivity contribution is 0.0249. The Balaban J connectivity index is 1.44. The van der Waals surface area contributed by atoms with Gasteiger partial charge < -0.3 is 19.7 Å². The van der Waals surface area contributed by atoms with Crippen LogP contribution in [0.3, 0.4) is 0 Å². The maximum atomic E-state index is 12.7. The van der Waals surface area contributed by atoms with Gasteiger partial charge in [-0.15, -0.1) is 0 Å². The molecule has 6 nitrogen and oxygen atoms in total. The van der Waals surface area contributed by atoms with E-state index in [1.54, 1.807) is 0 Å². The second-order valence-electron chi connectivity index (χ2n) is 8.38. The standard InChI is InChI=1S/C22H35N3O3/c1-18(2)17-28-21-7-3-5-19(13-21)14-23-22(26)25-8-4-6-20(16-25)15-24-9-11-27-12-10-24/h3,5,7,13,18,20H,4,6,8-12,14-17H2,1-2H3,(H,23,26)/t20-/m1/s1. The molecule has 2 heterocycles. The number of carbonyl (C=O) groups excluding carboxylic acids is 1. The van der Waals surface area contributed by atoms with Crippen LogP contribution < -0.4 is 10.1 Å². The second-order valence-corrected chi connectivity index (χ2v) is 8.38. The molecule has 0 aromatic heterocycles. The fraction of sp³-hybridized carbons (Fsp3) is 0.682. The van der Waals surface area contributed by atoms with Crippen molar-refractivity contribution in [1.29, 1.82) is 0 Å². The van der Waals surface area contributed by atoms with Crippen LogP contribution in [0, 0.1) is 11.8 Å². The monoisotopic (exact) mass is 389 g/mol. The normalized spacial score (nSPS) is 21.0. The van der Waals surface area contributed by atoms with Crippen molar-refractivity contribution in [3.8, 4) is 5.75 Å². The summed E-state index contributed by atoms with van der Waals surface area (Å²) in [6, 6.07) is 8.03. The molecule has 6 heteroatoms. The molecular formula is C22H35N3O3. The van der Waals surface area contributed by atoms with E-state index in [1.807, 2.05) is 29.2 Å². The smallest absolute Gasteiger partial charge is 0.317 e. The number of urea groups is 1. The minimum atomic E-state index is 0.0418. The highest BCUT2D eigenvalue weighted by Gasteiger charge is 2.25. The number of ether oxygens (including phenoxy) is 2. The van der Waals surface area contributed by atoms with Crippen LogP contribution in [0.25, 0.3) is 0 Å². The lowest BCUT2D eigenvalue weighted by Gasteiger charge is -2.36. The molecule has 156 valence electrons. The minimum Gasteiger partial charge on any atom is -0.493 e. The zero-order chi connectivity index (χ0) is 19.8. The molecule has 1 atom stereocenters. The zero-order valence-corrected chi connectivity index (χ0v) is 17.4. The maximum absolute atomic E-state index is 12.7. The fourth-order valence-electron chi connectivity index (χ4n) is 3.85. The summed E-state index contributed by atoms with van der Waals surface area (Å²) in [5, 5.41) is 3.08. The number of amides is 2. The van der Waals surface area contributed by atoms with Gasteiger partial charge in [0.15, 0.2) is 0 Å². The van der Waals surface area contributed by atoms with Crippen molar-refractivity contribution >= 4 is 6.03 Å². The van der Waals surface area contributed by atoms with Crippen LogP contribution in [-0.2, 0) is 11.3 Å². The van der Waals surface area contributed by atoms with E-state index in [2.05, 4.69) is 24.1 Å². The first-order valence-electron chi connectivity index (χ1n) is 10.6. The Bertz CT molecular complexity index is 617. The lowest BCUT2D eigenvalue weighted by atomic mass is 9.97. The van der Waals surface area contributed by atoms with Gasteiger partial charge in [-0.05, 0) is 42.4 Å². The van der Waals surface area contributed by atoms with Gasteiger partial charge in [0.1, 0.15) is 5.75 Å². The van der Waals surface area contributed by atoms with E-state index in [0.29, 0.717) is 25.0 Å². The average molecular weight is 390 g/mol. The second kappa shape index (κ2) is 10.7. The molecule has 1 aromatic carbocycles. The molecule has 2 saturated heterocycles. The summed E-state index contributed by atoms with van der Waals surface area (Å²) in [7, 11) is 0. The highest BCUT2D eigenvalue weighted by atomic mass is 16.5. The number of rotatable bonds is 7. The van der Waals surface area contributed by atoms with Crippen LogP contribution >= 0.6 is 0 Å².